The zero-order valence-electron chi connectivity index (χ0n) is 17.8. The lowest BCUT2D eigenvalue weighted by molar-refractivity contribution is 0.409. The summed E-state index contributed by atoms with van der Waals surface area (Å²) in [6.07, 6.45) is 7.37. The molecule has 3 rings (SSSR count). The summed E-state index contributed by atoms with van der Waals surface area (Å²) < 4.78 is 5.32. The largest absolute Gasteiger partial charge is 0.496 e. The molecule has 0 N–H and O–H groups in total. The molecule has 1 aliphatic rings. The van der Waals surface area contributed by atoms with E-state index in [0.717, 1.165) is 24.3 Å². The minimum Gasteiger partial charge on any atom is -0.496 e. The van der Waals surface area contributed by atoms with Crippen LogP contribution in [0.2, 0.25) is 0 Å². The number of piperidine rings is 1. The first-order valence-corrected chi connectivity index (χ1v) is 10.4. The zero-order chi connectivity index (χ0) is 19.6. The summed E-state index contributed by atoms with van der Waals surface area (Å²) >= 11 is 0. The van der Waals surface area contributed by atoms with E-state index in [2.05, 4.69) is 67.9 Å². The van der Waals surface area contributed by atoms with Gasteiger partial charge in [0.05, 0.1) is 7.11 Å². The van der Waals surface area contributed by atoms with Gasteiger partial charge in [0.25, 0.3) is 0 Å². The second kappa shape index (κ2) is 11.0. The minimum absolute atomic E-state index is 1.04. The number of aromatic nitrogens is 1. The van der Waals surface area contributed by atoms with Crippen molar-refractivity contribution >= 4 is 5.82 Å². The lowest BCUT2D eigenvalue weighted by Crippen LogP contribution is -2.30. The Morgan fingerprint density at radius 1 is 1.00 bits per heavy atom. The van der Waals surface area contributed by atoms with Crippen LogP contribution in [0.5, 0.6) is 5.75 Å². The molecule has 2 heterocycles. The van der Waals surface area contributed by atoms with Gasteiger partial charge < -0.3 is 9.64 Å². The molecule has 1 aromatic heterocycles. The third-order valence-electron chi connectivity index (χ3n) is 5.04. The first-order valence-electron chi connectivity index (χ1n) is 10.4. The van der Waals surface area contributed by atoms with Crippen molar-refractivity contribution in [3.8, 4) is 5.75 Å². The number of nitrogens with zero attached hydrogens (tertiary/aromatic N) is 2. The predicted octanol–water partition coefficient (Wildman–Crippen LogP) is 5.90. The van der Waals surface area contributed by atoms with E-state index in [1.165, 1.54) is 61.3 Å². The van der Waals surface area contributed by atoms with Crippen molar-refractivity contribution in [3.05, 3.63) is 52.7 Å². The Morgan fingerprint density at radius 2 is 1.74 bits per heavy atom. The zero-order valence-corrected chi connectivity index (χ0v) is 17.8. The highest BCUT2D eigenvalue weighted by Gasteiger charge is 2.12. The van der Waals surface area contributed by atoms with Crippen LogP contribution in [0.1, 0.15) is 61.9 Å². The van der Waals surface area contributed by atoms with Crippen LogP contribution in [0, 0.1) is 13.8 Å². The Labute approximate surface area is 165 Å². The van der Waals surface area contributed by atoms with E-state index in [4.69, 9.17) is 4.74 Å². The van der Waals surface area contributed by atoms with Gasteiger partial charge in [-0.05, 0) is 80.8 Å². The van der Waals surface area contributed by atoms with Crippen LogP contribution in [0.3, 0.4) is 0 Å². The number of hydrogen-bond acceptors (Lipinski definition) is 3. The molecule has 148 valence electrons. The molecule has 1 aliphatic heterocycles. The second-order valence-corrected chi connectivity index (χ2v) is 7.44. The van der Waals surface area contributed by atoms with Gasteiger partial charge in [0.15, 0.2) is 0 Å². The van der Waals surface area contributed by atoms with E-state index in [1.807, 2.05) is 0 Å². The Balaban J connectivity index is 0.000000194. The smallest absolute Gasteiger partial charge is 0.129 e. The van der Waals surface area contributed by atoms with E-state index in [-0.39, 0.29) is 0 Å². The number of pyridine rings is 1. The quantitative estimate of drug-likeness (QED) is 0.657. The molecule has 0 unspecified atom stereocenters. The molecule has 0 radical (unpaired) electrons. The Hall–Kier alpha value is -2.03. The number of benzene rings is 1. The maximum Gasteiger partial charge on any atom is 0.129 e. The molecule has 0 saturated carbocycles. The van der Waals surface area contributed by atoms with Crippen LogP contribution >= 0.6 is 0 Å². The number of aryl methyl sites for hydroxylation is 4. The van der Waals surface area contributed by atoms with Crippen molar-refractivity contribution in [3.63, 3.8) is 0 Å². The second-order valence-electron chi connectivity index (χ2n) is 7.44. The van der Waals surface area contributed by atoms with Gasteiger partial charge in [0, 0.05) is 18.8 Å². The van der Waals surface area contributed by atoms with E-state index in [9.17, 15) is 0 Å². The number of anilines is 1. The van der Waals surface area contributed by atoms with Gasteiger partial charge in [-0.25, -0.2) is 4.98 Å². The molecular formula is C24H36N2O. The average Bonchev–Trinajstić information content (AvgIpc) is 2.68. The highest BCUT2D eigenvalue weighted by Crippen LogP contribution is 2.21. The van der Waals surface area contributed by atoms with Gasteiger partial charge in [-0.1, -0.05) is 32.4 Å². The molecular weight excluding hydrogens is 332 g/mol. The normalized spacial score (nSPS) is 13.7. The van der Waals surface area contributed by atoms with Crippen LogP contribution < -0.4 is 9.64 Å². The van der Waals surface area contributed by atoms with E-state index >= 15 is 0 Å². The highest BCUT2D eigenvalue weighted by molar-refractivity contribution is 5.42. The van der Waals surface area contributed by atoms with Crippen molar-refractivity contribution in [2.75, 3.05) is 25.1 Å². The van der Waals surface area contributed by atoms with Crippen molar-refractivity contribution in [1.82, 2.24) is 4.98 Å². The molecule has 1 saturated heterocycles. The summed E-state index contributed by atoms with van der Waals surface area (Å²) in [5.74, 6) is 2.20. The molecule has 0 atom stereocenters. The number of rotatable bonds is 5. The fourth-order valence-electron chi connectivity index (χ4n) is 3.63. The highest BCUT2D eigenvalue weighted by atomic mass is 16.5. The topological polar surface area (TPSA) is 25.4 Å². The van der Waals surface area contributed by atoms with Crippen LogP contribution in [0.4, 0.5) is 5.82 Å². The van der Waals surface area contributed by atoms with Crippen LogP contribution in [-0.4, -0.2) is 25.2 Å². The molecule has 1 aromatic carbocycles. The van der Waals surface area contributed by atoms with Crippen molar-refractivity contribution in [2.24, 2.45) is 0 Å². The average molecular weight is 369 g/mol. The van der Waals surface area contributed by atoms with Crippen LogP contribution in [0.25, 0.3) is 0 Å². The summed E-state index contributed by atoms with van der Waals surface area (Å²) in [4.78, 5) is 6.99. The number of methoxy groups -OCH3 is 1. The van der Waals surface area contributed by atoms with Gasteiger partial charge in [0.1, 0.15) is 11.6 Å². The Bertz CT molecular complexity index is 685. The van der Waals surface area contributed by atoms with Gasteiger partial charge in [0.2, 0.25) is 0 Å². The fourth-order valence-corrected chi connectivity index (χ4v) is 3.63. The monoisotopic (exact) mass is 368 g/mol. The molecule has 3 heteroatoms. The van der Waals surface area contributed by atoms with E-state index in [0.29, 0.717) is 0 Å². The molecule has 3 nitrogen and oxygen atoms in total. The predicted molar refractivity (Wildman–Crippen MR) is 116 cm³/mol. The molecule has 0 bridgehead atoms. The van der Waals surface area contributed by atoms with Crippen molar-refractivity contribution in [1.29, 1.82) is 0 Å². The van der Waals surface area contributed by atoms with Crippen LogP contribution in [0.15, 0.2) is 30.3 Å². The first kappa shape index (κ1) is 21.3. The summed E-state index contributed by atoms with van der Waals surface area (Å²) in [5, 5.41) is 0. The maximum atomic E-state index is 5.32. The lowest BCUT2D eigenvalue weighted by Gasteiger charge is -2.28. The molecule has 27 heavy (non-hydrogen) atoms. The lowest BCUT2D eigenvalue weighted by atomic mass is 10.1. The van der Waals surface area contributed by atoms with E-state index < -0.39 is 0 Å². The third kappa shape index (κ3) is 6.57. The van der Waals surface area contributed by atoms with Gasteiger partial charge in [-0.15, -0.1) is 0 Å². The van der Waals surface area contributed by atoms with Gasteiger partial charge >= 0.3 is 0 Å². The number of ether oxygens (including phenoxy) is 1. The maximum absolute atomic E-state index is 5.32. The SMILES string of the molecule is CCCc1ccc(CC)c(OC)c1.Cc1cc(C)nc(N2CCCCC2)c1. The van der Waals surface area contributed by atoms with Crippen molar-refractivity contribution in [2.45, 2.75) is 66.2 Å². The molecule has 0 aliphatic carbocycles. The molecule has 2 aromatic rings. The van der Waals surface area contributed by atoms with Crippen LogP contribution in [-0.2, 0) is 12.8 Å². The van der Waals surface area contributed by atoms with Gasteiger partial charge in [-0.2, -0.15) is 0 Å². The standard InChI is InChI=1S/C12H18N2.C12H18O/c1-10-8-11(2)13-12(9-10)14-6-4-3-5-7-14;1-4-6-10-7-8-11(5-2)12(9-10)13-3/h8-9H,3-7H2,1-2H3;7-9H,4-6H2,1-3H3. The summed E-state index contributed by atoms with van der Waals surface area (Å²) in [6, 6.07) is 10.8. The van der Waals surface area contributed by atoms with E-state index in [1.54, 1.807) is 7.11 Å². The first-order chi connectivity index (χ1) is 13.1. The molecule has 0 amide bonds. The fraction of sp³-hybridized carbons (Fsp3) is 0.542. The molecule has 1 fully saturated rings. The Morgan fingerprint density at radius 3 is 2.33 bits per heavy atom. The molecule has 0 spiro atoms. The van der Waals surface area contributed by atoms with Crippen molar-refractivity contribution < 1.29 is 4.74 Å². The number of hydrogen-bond donors (Lipinski definition) is 0. The Kier molecular flexibility index (Phi) is 8.63. The summed E-state index contributed by atoms with van der Waals surface area (Å²) in [5.41, 5.74) is 5.11. The summed E-state index contributed by atoms with van der Waals surface area (Å²) in [7, 11) is 1.74. The minimum atomic E-state index is 1.04. The summed E-state index contributed by atoms with van der Waals surface area (Å²) in [6.45, 7) is 10.9. The third-order valence-corrected chi connectivity index (χ3v) is 5.04. The van der Waals surface area contributed by atoms with Gasteiger partial charge in [-0.3, -0.25) is 0 Å².